The van der Waals surface area contributed by atoms with Crippen molar-refractivity contribution < 1.29 is 0 Å². The molecule has 0 aromatic heterocycles. The molecule has 1 heteroatoms. The van der Waals surface area contributed by atoms with E-state index in [0.29, 0.717) is 0 Å². The Morgan fingerprint density at radius 3 is 2.85 bits per heavy atom. The Kier molecular flexibility index (Phi) is 1.61. The average Bonchev–Trinajstić information content (AvgIpc) is 2.62. The van der Waals surface area contributed by atoms with Crippen molar-refractivity contribution in [3.8, 4) is 0 Å². The van der Waals surface area contributed by atoms with Crippen molar-refractivity contribution >= 4 is 15.9 Å². The van der Waals surface area contributed by atoms with Crippen LogP contribution in [0.5, 0.6) is 0 Å². The second-order valence-corrected chi connectivity index (χ2v) is 5.35. The van der Waals surface area contributed by atoms with Crippen LogP contribution < -0.4 is 0 Å². The van der Waals surface area contributed by atoms with Crippen LogP contribution in [0.1, 0.15) is 47.8 Å². The molecule has 1 aromatic rings. The zero-order valence-corrected chi connectivity index (χ0v) is 9.39. The Labute approximate surface area is 87.5 Å². The van der Waals surface area contributed by atoms with Crippen molar-refractivity contribution in [1.29, 1.82) is 0 Å². The van der Waals surface area contributed by atoms with Gasteiger partial charge in [-0.1, -0.05) is 15.9 Å². The second kappa shape index (κ2) is 2.60. The lowest BCUT2D eigenvalue weighted by atomic mass is 9.89. The van der Waals surface area contributed by atoms with Gasteiger partial charge < -0.3 is 0 Å². The molecule has 2 aliphatic rings. The van der Waals surface area contributed by atoms with Crippen LogP contribution in [-0.2, 0) is 0 Å². The first-order valence-electron chi connectivity index (χ1n) is 5.05. The molecule has 2 aliphatic carbocycles. The summed E-state index contributed by atoms with van der Waals surface area (Å²) < 4.78 is 1.26. The van der Waals surface area contributed by atoms with Crippen molar-refractivity contribution in [1.82, 2.24) is 0 Å². The minimum absolute atomic E-state index is 0.885. The highest BCUT2D eigenvalue weighted by atomic mass is 79.9. The fourth-order valence-electron chi connectivity index (χ4n) is 3.20. The summed E-state index contributed by atoms with van der Waals surface area (Å²) in [4.78, 5) is 0. The van der Waals surface area contributed by atoms with Crippen LogP contribution in [0.2, 0.25) is 0 Å². The molecule has 0 N–H and O–H groups in total. The van der Waals surface area contributed by atoms with E-state index in [1.165, 1.54) is 29.3 Å². The summed E-state index contributed by atoms with van der Waals surface area (Å²) in [7, 11) is 0. The molecular formula is C12H13Br. The molecular weight excluding hydrogens is 224 g/mol. The number of rotatable bonds is 0. The number of aryl methyl sites for hydroxylation is 1. The molecule has 0 radical (unpaired) electrons. The van der Waals surface area contributed by atoms with Gasteiger partial charge in [-0.05, 0) is 66.8 Å². The highest BCUT2D eigenvalue weighted by Gasteiger charge is 2.37. The third-order valence-electron chi connectivity index (χ3n) is 3.66. The lowest BCUT2D eigenvalue weighted by Crippen LogP contribution is -2.00. The maximum atomic E-state index is 3.59. The van der Waals surface area contributed by atoms with Gasteiger partial charge in [-0.15, -0.1) is 0 Å². The zero-order chi connectivity index (χ0) is 9.00. The first-order chi connectivity index (χ1) is 6.25. The third kappa shape index (κ3) is 1.03. The van der Waals surface area contributed by atoms with E-state index < -0.39 is 0 Å². The molecule has 0 spiro atoms. The van der Waals surface area contributed by atoms with Crippen LogP contribution in [0, 0.1) is 6.92 Å². The lowest BCUT2D eigenvalue weighted by Gasteiger charge is -2.17. The van der Waals surface area contributed by atoms with Crippen molar-refractivity contribution in [2.75, 3.05) is 0 Å². The number of benzene rings is 1. The zero-order valence-electron chi connectivity index (χ0n) is 7.81. The van der Waals surface area contributed by atoms with Gasteiger partial charge in [0.05, 0.1) is 0 Å². The quantitative estimate of drug-likeness (QED) is 0.636. The van der Waals surface area contributed by atoms with Crippen LogP contribution in [0.4, 0.5) is 0 Å². The largest absolute Gasteiger partial charge is 0.0508 e. The molecule has 0 amide bonds. The van der Waals surface area contributed by atoms with E-state index in [-0.39, 0.29) is 0 Å². The Hall–Kier alpha value is -0.300. The minimum atomic E-state index is 0.885. The number of fused-ring (bicyclic) bond motifs is 5. The Morgan fingerprint density at radius 1 is 1.23 bits per heavy atom. The summed E-state index contributed by atoms with van der Waals surface area (Å²) in [6.45, 7) is 2.25. The summed E-state index contributed by atoms with van der Waals surface area (Å²) in [5, 5.41) is 0. The summed E-state index contributed by atoms with van der Waals surface area (Å²) in [6.07, 6.45) is 4.28. The normalized spacial score (nSPS) is 29.4. The SMILES string of the molecule is Cc1cc(Br)cc2c1[C@H]1CC[C@H]2C1. The summed E-state index contributed by atoms with van der Waals surface area (Å²) >= 11 is 3.59. The van der Waals surface area contributed by atoms with Crippen LogP contribution in [-0.4, -0.2) is 0 Å². The van der Waals surface area contributed by atoms with E-state index >= 15 is 0 Å². The molecule has 2 bridgehead atoms. The average molecular weight is 237 g/mol. The van der Waals surface area contributed by atoms with Gasteiger partial charge in [0.25, 0.3) is 0 Å². The number of hydrogen-bond acceptors (Lipinski definition) is 0. The van der Waals surface area contributed by atoms with Crippen LogP contribution in [0.15, 0.2) is 16.6 Å². The monoisotopic (exact) mass is 236 g/mol. The summed E-state index contributed by atoms with van der Waals surface area (Å²) in [5.74, 6) is 1.78. The van der Waals surface area contributed by atoms with Crippen molar-refractivity contribution in [3.05, 3.63) is 33.3 Å². The first kappa shape index (κ1) is 8.05. The lowest BCUT2D eigenvalue weighted by molar-refractivity contribution is 0.713. The molecule has 0 saturated heterocycles. The molecule has 0 unspecified atom stereocenters. The summed E-state index contributed by atoms with van der Waals surface area (Å²) in [6, 6.07) is 4.60. The van der Waals surface area contributed by atoms with Crippen LogP contribution >= 0.6 is 15.9 Å². The van der Waals surface area contributed by atoms with Gasteiger partial charge in [-0.2, -0.15) is 0 Å². The minimum Gasteiger partial charge on any atom is -0.0508 e. The highest BCUT2D eigenvalue weighted by Crippen LogP contribution is 2.54. The molecule has 1 fully saturated rings. The molecule has 0 heterocycles. The van der Waals surface area contributed by atoms with E-state index in [1.54, 1.807) is 11.1 Å². The standard InChI is InChI=1S/C12H13Br/c1-7-4-10(13)6-11-8-2-3-9(5-8)12(7)11/h4,6,8-9H,2-3,5H2,1H3/t8-,9-/m0/s1. The molecule has 1 aromatic carbocycles. The molecule has 68 valence electrons. The number of hydrogen-bond donors (Lipinski definition) is 0. The predicted molar refractivity (Wildman–Crippen MR) is 58.2 cm³/mol. The fraction of sp³-hybridized carbons (Fsp3) is 0.500. The third-order valence-corrected chi connectivity index (χ3v) is 4.12. The van der Waals surface area contributed by atoms with Gasteiger partial charge in [0.15, 0.2) is 0 Å². The highest BCUT2D eigenvalue weighted by molar-refractivity contribution is 9.10. The van der Waals surface area contributed by atoms with Crippen molar-refractivity contribution in [2.45, 2.75) is 38.0 Å². The van der Waals surface area contributed by atoms with Gasteiger partial charge in [0.2, 0.25) is 0 Å². The Balaban J connectivity index is 2.26. The molecule has 3 rings (SSSR count). The van der Waals surface area contributed by atoms with E-state index in [2.05, 4.69) is 35.0 Å². The Bertz CT molecular complexity index is 368. The Morgan fingerprint density at radius 2 is 2.00 bits per heavy atom. The van der Waals surface area contributed by atoms with Gasteiger partial charge in [0.1, 0.15) is 0 Å². The van der Waals surface area contributed by atoms with Crippen LogP contribution in [0.3, 0.4) is 0 Å². The van der Waals surface area contributed by atoms with Gasteiger partial charge in [-0.25, -0.2) is 0 Å². The topological polar surface area (TPSA) is 0 Å². The van der Waals surface area contributed by atoms with E-state index in [4.69, 9.17) is 0 Å². The smallest absolute Gasteiger partial charge is 0.0180 e. The number of halogens is 1. The second-order valence-electron chi connectivity index (χ2n) is 4.43. The van der Waals surface area contributed by atoms with E-state index in [0.717, 1.165) is 11.8 Å². The maximum Gasteiger partial charge on any atom is 0.0180 e. The maximum absolute atomic E-state index is 3.59. The van der Waals surface area contributed by atoms with Crippen LogP contribution in [0.25, 0.3) is 0 Å². The first-order valence-corrected chi connectivity index (χ1v) is 5.85. The van der Waals surface area contributed by atoms with Gasteiger partial charge in [-0.3, -0.25) is 0 Å². The van der Waals surface area contributed by atoms with E-state index in [1.807, 2.05) is 0 Å². The van der Waals surface area contributed by atoms with Crippen molar-refractivity contribution in [3.63, 3.8) is 0 Å². The molecule has 13 heavy (non-hydrogen) atoms. The predicted octanol–water partition coefficient (Wildman–Crippen LogP) is 4.12. The molecule has 0 nitrogen and oxygen atoms in total. The van der Waals surface area contributed by atoms with E-state index in [9.17, 15) is 0 Å². The van der Waals surface area contributed by atoms with Crippen molar-refractivity contribution in [2.24, 2.45) is 0 Å². The molecule has 0 aliphatic heterocycles. The molecule has 2 atom stereocenters. The fourth-order valence-corrected chi connectivity index (χ4v) is 3.79. The molecule has 1 saturated carbocycles. The van der Waals surface area contributed by atoms with Gasteiger partial charge >= 0.3 is 0 Å². The summed E-state index contributed by atoms with van der Waals surface area (Å²) in [5.41, 5.74) is 4.82. The van der Waals surface area contributed by atoms with Gasteiger partial charge in [0, 0.05) is 4.47 Å².